The molecule has 14 heavy (non-hydrogen) atoms. The Labute approximate surface area is 94.3 Å². The van der Waals surface area contributed by atoms with E-state index in [0.29, 0.717) is 0 Å². The monoisotopic (exact) mass is 256 g/mol. The molecule has 3 heteroatoms. The molecule has 0 amide bonds. The summed E-state index contributed by atoms with van der Waals surface area (Å²) < 4.78 is 0. The summed E-state index contributed by atoms with van der Waals surface area (Å²) in [5.74, 6) is 0. The van der Waals surface area contributed by atoms with E-state index < -0.39 is 0 Å². The minimum absolute atomic E-state index is 1.07. The Balaban J connectivity index is 1.99. The van der Waals surface area contributed by atoms with E-state index in [4.69, 9.17) is 0 Å². The maximum absolute atomic E-state index is 4.06. The van der Waals surface area contributed by atoms with Crippen LogP contribution in [0.4, 0.5) is 0 Å². The molecular formula is C11H17BrN2. The van der Waals surface area contributed by atoms with Gasteiger partial charge < -0.3 is 0 Å². The maximum Gasteiger partial charge on any atom is 0.0631 e. The average Bonchev–Trinajstić information content (AvgIpc) is 2.25. The first-order valence-electron chi connectivity index (χ1n) is 5.26. The molecule has 1 rings (SSSR count). The van der Waals surface area contributed by atoms with Crippen LogP contribution in [0.2, 0.25) is 0 Å². The number of halogens is 1. The number of hydrogen-bond donors (Lipinski definition) is 0. The van der Waals surface area contributed by atoms with Gasteiger partial charge in [0.1, 0.15) is 0 Å². The SMILES string of the molecule is BrCCCCCCCc1cccnn1. The van der Waals surface area contributed by atoms with Crippen molar-refractivity contribution < 1.29 is 0 Å². The Morgan fingerprint density at radius 1 is 1.07 bits per heavy atom. The first kappa shape index (κ1) is 11.6. The average molecular weight is 257 g/mol. The van der Waals surface area contributed by atoms with Gasteiger partial charge in [0.2, 0.25) is 0 Å². The van der Waals surface area contributed by atoms with Crippen molar-refractivity contribution in [3.05, 3.63) is 24.0 Å². The summed E-state index contributed by atoms with van der Waals surface area (Å²) in [7, 11) is 0. The Bertz CT molecular complexity index is 226. The topological polar surface area (TPSA) is 25.8 Å². The van der Waals surface area contributed by atoms with Gasteiger partial charge in [-0.25, -0.2) is 0 Å². The van der Waals surface area contributed by atoms with E-state index >= 15 is 0 Å². The molecule has 0 radical (unpaired) electrons. The Hall–Kier alpha value is -0.440. The van der Waals surface area contributed by atoms with Crippen molar-refractivity contribution in [2.24, 2.45) is 0 Å². The predicted molar refractivity (Wildman–Crippen MR) is 62.6 cm³/mol. The number of aromatic nitrogens is 2. The minimum atomic E-state index is 1.07. The van der Waals surface area contributed by atoms with Gasteiger partial charge in [-0.15, -0.1) is 0 Å². The van der Waals surface area contributed by atoms with Crippen LogP contribution >= 0.6 is 15.9 Å². The van der Waals surface area contributed by atoms with Gasteiger partial charge in [0.25, 0.3) is 0 Å². The fourth-order valence-corrected chi connectivity index (χ4v) is 1.79. The Morgan fingerprint density at radius 2 is 1.86 bits per heavy atom. The van der Waals surface area contributed by atoms with E-state index in [9.17, 15) is 0 Å². The molecule has 2 nitrogen and oxygen atoms in total. The number of aryl methyl sites for hydroxylation is 1. The molecule has 0 aliphatic carbocycles. The number of unbranched alkanes of at least 4 members (excludes halogenated alkanes) is 4. The Kier molecular flexibility index (Phi) is 6.58. The standard InChI is InChI=1S/C11H17BrN2/c12-9-5-3-1-2-4-7-11-8-6-10-13-14-11/h6,8,10H,1-5,7,9H2. The van der Waals surface area contributed by atoms with Crippen LogP contribution in [0.3, 0.4) is 0 Å². The lowest BCUT2D eigenvalue weighted by Crippen LogP contribution is -1.91. The molecule has 0 aliphatic heterocycles. The highest BCUT2D eigenvalue weighted by Crippen LogP contribution is 2.07. The minimum Gasteiger partial charge on any atom is -0.159 e. The molecule has 0 aromatic carbocycles. The molecular weight excluding hydrogens is 240 g/mol. The van der Waals surface area contributed by atoms with E-state index in [1.807, 2.05) is 12.1 Å². The molecule has 0 unspecified atom stereocenters. The molecule has 0 saturated carbocycles. The summed E-state index contributed by atoms with van der Waals surface area (Å²) in [6.45, 7) is 0. The van der Waals surface area contributed by atoms with Crippen molar-refractivity contribution >= 4 is 15.9 Å². The van der Waals surface area contributed by atoms with Crippen molar-refractivity contribution in [2.45, 2.75) is 38.5 Å². The highest BCUT2D eigenvalue weighted by Gasteiger charge is 1.94. The number of alkyl halides is 1. The van der Waals surface area contributed by atoms with Gasteiger partial charge >= 0.3 is 0 Å². The second kappa shape index (κ2) is 7.92. The summed E-state index contributed by atoms with van der Waals surface area (Å²) in [5, 5.41) is 9.05. The Morgan fingerprint density at radius 3 is 2.57 bits per heavy atom. The molecule has 1 aromatic heterocycles. The molecule has 0 fully saturated rings. The van der Waals surface area contributed by atoms with E-state index in [2.05, 4.69) is 26.1 Å². The molecule has 0 spiro atoms. The van der Waals surface area contributed by atoms with Crippen molar-refractivity contribution in [3.63, 3.8) is 0 Å². The van der Waals surface area contributed by atoms with E-state index in [-0.39, 0.29) is 0 Å². The van der Waals surface area contributed by atoms with Crippen molar-refractivity contribution in [3.8, 4) is 0 Å². The summed E-state index contributed by atoms with van der Waals surface area (Å²) in [6, 6.07) is 4.00. The highest BCUT2D eigenvalue weighted by atomic mass is 79.9. The summed E-state index contributed by atoms with van der Waals surface area (Å²) in [4.78, 5) is 0. The molecule has 0 atom stereocenters. The van der Waals surface area contributed by atoms with Gasteiger partial charge in [-0.1, -0.05) is 35.2 Å². The van der Waals surface area contributed by atoms with Gasteiger partial charge in [-0.05, 0) is 31.4 Å². The lowest BCUT2D eigenvalue weighted by atomic mass is 10.1. The second-order valence-corrected chi connectivity index (χ2v) is 4.21. The van der Waals surface area contributed by atoms with Gasteiger partial charge in [0.05, 0.1) is 5.69 Å². The van der Waals surface area contributed by atoms with Gasteiger partial charge in [0.15, 0.2) is 0 Å². The molecule has 1 heterocycles. The summed E-state index contributed by atoms with van der Waals surface area (Å²) in [6.07, 6.45) is 9.31. The lowest BCUT2D eigenvalue weighted by Gasteiger charge is -1.99. The van der Waals surface area contributed by atoms with E-state index in [1.54, 1.807) is 6.20 Å². The van der Waals surface area contributed by atoms with Crippen molar-refractivity contribution in [2.75, 3.05) is 5.33 Å². The largest absolute Gasteiger partial charge is 0.159 e. The number of rotatable bonds is 7. The van der Waals surface area contributed by atoms with Gasteiger partial charge in [-0.3, -0.25) is 0 Å². The van der Waals surface area contributed by atoms with E-state index in [0.717, 1.165) is 17.4 Å². The quantitative estimate of drug-likeness (QED) is 0.553. The molecule has 0 N–H and O–H groups in total. The van der Waals surface area contributed by atoms with Gasteiger partial charge in [-0.2, -0.15) is 10.2 Å². The molecule has 0 saturated heterocycles. The van der Waals surface area contributed by atoms with Crippen LogP contribution in [-0.4, -0.2) is 15.5 Å². The van der Waals surface area contributed by atoms with Crippen LogP contribution in [0, 0.1) is 0 Å². The third kappa shape index (κ3) is 5.32. The molecule has 1 aromatic rings. The van der Waals surface area contributed by atoms with Crippen LogP contribution in [0.15, 0.2) is 18.3 Å². The zero-order valence-corrected chi connectivity index (χ0v) is 10.0. The number of nitrogens with zero attached hydrogens (tertiary/aromatic N) is 2. The highest BCUT2D eigenvalue weighted by molar-refractivity contribution is 9.09. The smallest absolute Gasteiger partial charge is 0.0631 e. The van der Waals surface area contributed by atoms with Crippen LogP contribution in [-0.2, 0) is 6.42 Å². The second-order valence-electron chi connectivity index (χ2n) is 3.42. The molecule has 0 bridgehead atoms. The van der Waals surface area contributed by atoms with Crippen LogP contribution in [0.25, 0.3) is 0 Å². The predicted octanol–water partition coefficient (Wildman–Crippen LogP) is 3.36. The van der Waals surface area contributed by atoms with Crippen LogP contribution in [0.1, 0.15) is 37.8 Å². The fourth-order valence-electron chi connectivity index (χ4n) is 1.40. The third-order valence-corrected chi connectivity index (χ3v) is 2.75. The van der Waals surface area contributed by atoms with Crippen LogP contribution < -0.4 is 0 Å². The van der Waals surface area contributed by atoms with Crippen LogP contribution in [0.5, 0.6) is 0 Å². The maximum atomic E-state index is 4.06. The van der Waals surface area contributed by atoms with Crippen molar-refractivity contribution in [1.82, 2.24) is 10.2 Å². The fraction of sp³-hybridized carbons (Fsp3) is 0.636. The first-order chi connectivity index (χ1) is 6.93. The van der Waals surface area contributed by atoms with Crippen molar-refractivity contribution in [1.29, 1.82) is 0 Å². The van der Waals surface area contributed by atoms with E-state index in [1.165, 1.54) is 32.1 Å². The number of hydrogen-bond acceptors (Lipinski definition) is 2. The zero-order chi connectivity index (χ0) is 10.1. The summed E-state index contributed by atoms with van der Waals surface area (Å²) >= 11 is 3.44. The van der Waals surface area contributed by atoms with Gasteiger partial charge in [0, 0.05) is 11.5 Å². The first-order valence-corrected chi connectivity index (χ1v) is 6.38. The normalized spacial score (nSPS) is 10.4. The molecule has 78 valence electrons. The molecule has 0 aliphatic rings. The third-order valence-electron chi connectivity index (χ3n) is 2.19. The zero-order valence-electron chi connectivity index (χ0n) is 8.45. The summed E-state index contributed by atoms with van der Waals surface area (Å²) in [5.41, 5.74) is 1.12. The lowest BCUT2D eigenvalue weighted by molar-refractivity contribution is 0.628.